The first-order valence-electron chi connectivity index (χ1n) is 5.15. The van der Waals surface area contributed by atoms with Crippen LogP contribution in [-0.2, 0) is 0 Å². The Hall–Kier alpha value is 0.540. The van der Waals surface area contributed by atoms with E-state index >= 15 is 0 Å². The summed E-state index contributed by atoms with van der Waals surface area (Å²) in [6, 6.07) is 1.04. The van der Waals surface area contributed by atoms with Crippen LogP contribution >= 0.6 is 52.1 Å². The van der Waals surface area contributed by atoms with Gasteiger partial charge in [0.25, 0.3) is 6.43 Å². The summed E-state index contributed by atoms with van der Waals surface area (Å²) in [5.74, 6) is 0. The van der Waals surface area contributed by atoms with Crippen molar-refractivity contribution in [2.45, 2.75) is 12.5 Å². The van der Waals surface area contributed by atoms with Crippen LogP contribution in [0.15, 0.2) is 15.9 Å². The van der Waals surface area contributed by atoms with Crippen LogP contribution in [0.2, 0.25) is 0 Å². The van der Waals surface area contributed by atoms with Gasteiger partial charge in [-0.2, -0.15) is 0 Å². The second kappa shape index (κ2) is 8.66. The number of piperazine rings is 1. The maximum atomic E-state index is 13.1. The predicted molar refractivity (Wildman–Crippen MR) is 79.7 cm³/mol. The van der Waals surface area contributed by atoms with Crippen LogP contribution in [0.5, 0.6) is 0 Å². The molecule has 2 heterocycles. The number of nitrogens with one attached hydrogen (secondary N) is 1. The van der Waals surface area contributed by atoms with Gasteiger partial charge in [-0.25, -0.2) is 8.78 Å². The molecular weight excluding hydrogens is 369 g/mol. The molecule has 2 rings (SSSR count). The third kappa shape index (κ3) is 4.58. The van der Waals surface area contributed by atoms with E-state index in [1.54, 1.807) is 6.07 Å². The Morgan fingerprint density at radius 3 is 2.33 bits per heavy atom. The molecule has 1 aliphatic rings. The predicted octanol–water partition coefficient (Wildman–Crippen LogP) is 3.57. The second-order valence-electron chi connectivity index (χ2n) is 3.73. The van der Waals surface area contributed by atoms with Gasteiger partial charge in [-0.1, -0.05) is 0 Å². The highest BCUT2D eigenvalue weighted by Gasteiger charge is 2.31. The maximum absolute atomic E-state index is 13.1. The van der Waals surface area contributed by atoms with Crippen molar-refractivity contribution in [3.63, 3.8) is 0 Å². The highest BCUT2D eigenvalue weighted by atomic mass is 79.9. The summed E-state index contributed by atoms with van der Waals surface area (Å²) >= 11 is 4.70. The van der Waals surface area contributed by atoms with Crippen LogP contribution < -0.4 is 5.32 Å². The second-order valence-corrected chi connectivity index (χ2v) is 5.59. The molecule has 1 saturated heterocycles. The Kier molecular flexibility index (Phi) is 8.92. The Balaban J connectivity index is 0.00000144. The molecule has 0 aliphatic carbocycles. The SMILES string of the molecule is Cl.Cl.FC(F)[C@H](c1cc(Br)cs1)N1CCNCC1. The summed E-state index contributed by atoms with van der Waals surface area (Å²) in [5.41, 5.74) is 0. The third-order valence-electron chi connectivity index (χ3n) is 2.66. The van der Waals surface area contributed by atoms with Gasteiger partial charge >= 0.3 is 0 Å². The maximum Gasteiger partial charge on any atom is 0.258 e. The van der Waals surface area contributed by atoms with Gasteiger partial charge < -0.3 is 5.32 Å². The van der Waals surface area contributed by atoms with E-state index in [0.717, 1.165) is 22.4 Å². The molecule has 1 fully saturated rings. The molecule has 18 heavy (non-hydrogen) atoms. The van der Waals surface area contributed by atoms with E-state index in [1.165, 1.54) is 11.3 Å². The Labute approximate surface area is 130 Å². The fraction of sp³-hybridized carbons (Fsp3) is 0.600. The van der Waals surface area contributed by atoms with Crippen LogP contribution in [0.25, 0.3) is 0 Å². The van der Waals surface area contributed by atoms with Crippen molar-refractivity contribution in [2.24, 2.45) is 0 Å². The summed E-state index contributed by atoms with van der Waals surface area (Å²) in [6.07, 6.45) is -2.33. The highest BCUT2D eigenvalue weighted by Crippen LogP contribution is 2.33. The number of hydrogen-bond acceptors (Lipinski definition) is 3. The molecule has 0 saturated carbocycles. The first kappa shape index (κ1) is 18.5. The third-order valence-corrected chi connectivity index (χ3v) is 4.43. The van der Waals surface area contributed by atoms with Gasteiger partial charge in [-0.05, 0) is 22.0 Å². The summed E-state index contributed by atoms with van der Waals surface area (Å²) in [7, 11) is 0. The molecule has 0 aromatic carbocycles. The quantitative estimate of drug-likeness (QED) is 0.858. The molecule has 0 bridgehead atoms. The molecule has 1 N–H and O–H groups in total. The van der Waals surface area contributed by atoms with Crippen LogP contribution in [0.3, 0.4) is 0 Å². The van der Waals surface area contributed by atoms with Gasteiger partial charge in [0.1, 0.15) is 6.04 Å². The minimum Gasteiger partial charge on any atom is -0.314 e. The zero-order valence-electron chi connectivity index (χ0n) is 9.44. The summed E-state index contributed by atoms with van der Waals surface area (Å²) in [4.78, 5) is 2.60. The lowest BCUT2D eigenvalue weighted by Gasteiger charge is -2.33. The van der Waals surface area contributed by atoms with Crippen LogP contribution in [0.4, 0.5) is 8.78 Å². The molecule has 0 unspecified atom stereocenters. The molecule has 8 heteroatoms. The molecule has 106 valence electrons. The van der Waals surface area contributed by atoms with E-state index in [9.17, 15) is 8.78 Å². The van der Waals surface area contributed by atoms with Gasteiger partial charge in [0, 0.05) is 40.9 Å². The molecule has 1 aromatic rings. The summed E-state index contributed by atoms with van der Waals surface area (Å²) < 4.78 is 27.1. The topological polar surface area (TPSA) is 15.3 Å². The van der Waals surface area contributed by atoms with E-state index in [1.807, 2.05) is 10.3 Å². The molecule has 1 atom stereocenters. The highest BCUT2D eigenvalue weighted by molar-refractivity contribution is 9.10. The van der Waals surface area contributed by atoms with Gasteiger partial charge in [-0.3, -0.25) is 4.90 Å². The van der Waals surface area contributed by atoms with Gasteiger partial charge in [0.05, 0.1) is 0 Å². The number of thiophene rings is 1. The zero-order chi connectivity index (χ0) is 11.5. The molecule has 2 nitrogen and oxygen atoms in total. The average Bonchev–Trinajstić information content (AvgIpc) is 2.66. The lowest BCUT2D eigenvalue weighted by molar-refractivity contribution is 0.0200. The Morgan fingerprint density at radius 1 is 1.28 bits per heavy atom. The first-order valence-corrected chi connectivity index (χ1v) is 6.82. The largest absolute Gasteiger partial charge is 0.314 e. The molecule has 1 aliphatic heterocycles. The monoisotopic (exact) mass is 382 g/mol. The molecule has 0 amide bonds. The van der Waals surface area contributed by atoms with Crippen LogP contribution in [-0.4, -0.2) is 37.5 Å². The van der Waals surface area contributed by atoms with E-state index in [4.69, 9.17) is 0 Å². The van der Waals surface area contributed by atoms with Crippen molar-refractivity contribution in [1.29, 1.82) is 0 Å². The fourth-order valence-corrected chi connectivity index (χ4v) is 3.49. The number of halogens is 5. The minimum atomic E-state index is -2.33. The number of alkyl halides is 2. The zero-order valence-corrected chi connectivity index (χ0v) is 13.5. The fourth-order valence-electron chi connectivity index (χ4n) is 1.91. The molecule has 1 aromatic heterocycles. The lowest BCUT2D eigenvalue weighted by atomic mass is 10.2. The van der Waals surface area contributed by atoms with Crippen molar-refractivity contribution in [1.82, 2.24) is 10.2 Å². The Bertz CT molecular complexity index is 348. The number of nitrogens with zero attached hydrogens (tertiary/aromatic N) is 1. The Morgan fingerprint density at radius 2 is 1.89 bits per heavy atom. The first-order chi connectivity index (χ1) is 7.68. The normalized spacial score (nSPS) is 18.0. The van der Waals surface area contributed by atoms with E-state index in [-0.39, 0.29) is 24.8 Å². The summed E-state index contributed by atoms with van der Waals surface area (Å²) in [6.45, 7) is 2.95. The van der Waals surface area contributed by atoms with E-state index < -0.39 is 12.5 Å². The number of rotatable bonds is 3. The molecule has 0 radical (unpaired) electrons. The van der Waals surface area contributed by atoms with Crippen molar-refractivity contribution in [2.75, 3.05) is 26.2 Å². The van der Waals surface area contributed by atoms with Crippen molar-refractivity contribution < 1.29 is 8.78 Å². The smallest absolute Gasteiger partial charge is 0.258 e. The lowest BCUT2D eigenvalue weighted by Crippen LogP contribution is -2.46. The summed E-state index contributed by atoms with van der Waals surface area (Å²) in [5, 5.41) is 5.03. The van der Waals surface area contributed by atoms with Crippen molar-refractivity contribution in [3.8, 4) is 0 Å². The minimum absolute atomic E-state index is 0. The van der Waals surface area contributed by atoms with Crippen molar-refractivity contribution in [3.05, 3.63) is 20.8 Å². The van der Waals surface area contributed by atoms with E-state index in [2.05, 4.69) is 21.2 Å². The molecular formula is C10H15BrCl2F2N2S. The van der Waals surface area contributed by atoms with Gasteiger partial charge in [0.2, 0.25) is 0 Å². The average molecular weight is 384 g/mol. The van der Waals surface area contributed by atoms with Crippen LogP contribution in [0, 0.1) is 0 Å². The van der Waals surface area contributed by atoms with Gasteiger partial charge in [0.15, 0.2) is 0 Å². The van der Waals surface area contributed by atoms with E-state index in [0.29, 0.717) is 13.1 Å². The standard InChI is InChI=1S/C10H13BrF2N2S.2ClH/c11-7-5-8(16-6-7)9(10(12)13)15-3-1-14-2-4-15;;/h5-6,9-10,14H,1-4H2;2*1H/t9-;;/m0../s1. The number of hydrogen-bond donors (Lipinski definition) is 1. The van der Waals surface area contributed by atoms with Crippen molar-refractivity contribution >= 4 is 52.1 Å². The van der Waals surface area contributed by atoms with Gasteiger partial charge in [-0.15, -0.1) is 36.2 Å². The molecule has 0 spiro atoms. The van der Waals surface area contributed by atoms with Crippen LogP contribution in [0.1, 0.15) is 10.9 Å².